The molecule has 0 spiro atoms. The van der Waals surface area contributed by atoms with Gasteiger partial charge in [0.1, 0.15) is 11.9 Å². The normalized spacial score (nSPS) is 37.5. The monoisotopic (exact) mass is 574 g/mol. The van der Waals surface area contributed by atoms with E-state index >= 15 is 0 Å². The van der Waals surface area contributed by atoms with Crippen molar-refractivity contribution in [3.63, 3.8) is 0 Å². The fraction of sp³-hybridized carbons (Fsp3) is 0.848. The van der Waals surface area contributed by atoms with Crippen molar-refractivity contribution in [2.24, 2.45) is 44.8 Å². The average Bonchev–Trinajstić information content (AvgIpc) is 2.83. The first-order valence-corrected chi connectivity index (χ1v) is 17.1. The van der Waals surface area contributed by atoms with Crippen LogP contribution in [0.2, 0.25) is 0 Å². The van der Waals surface area contributed by atoms with Gasteiger partial charge in [-0.2, -0.15) is 5.26 Å². The molecule has 0 amide bonds. The summed E-state index contributed by atoms with van der Waals surface area (Å²) in [5.74, 6) is 0.0364. The number of hydrogen-bond acceptors (Lipinski definition) is 5. The van der Waals surface area contributed by atoms with Crippen LogP contribution in [0, 0.1) is 56.2 Å². The minimum absolute atomic E-state index is 0.00340. The predicted octanol–water partition coefficient (Wildman–Crippen LogP) is 7.00. The second kappa shape index (κ2) is 10.3. The maximum Gasteiger partial charge on any atom is 0.209 e. The summed E-state index contributed by atoms with van der Waals surface area (Å²) in [6.45, 7) is 21.4. The van der Waals surface area contributed by atoms with Gasteiger partial charge in [-0.3, -0.25) is 9.59 Å². The molecule has 40 heavy (non-hydrogen) atoms. The smallest absolute Gasteiger partial charge is 0.209 e. The number of allylic oxidation sites excluding steroid dienone is 2. The third kappa shape index (κ3) is 5.49. The molecule has 0 aromatic heterocycles. The van der Waals surface area contributed by atoms with Crippen LogP contribution in [0.5, 0.6) is 0 Å². The number of fused-ring (bicyclic) bond motifs is 3. The summed E-state index contributed by atoms with van der Waals surface area (Å²) in [7, 11) is -3.43. The first-order valence-electron chi connectivity index (χ1n) is 15.2. The van der Waals surface area contributed by atoms with Crippen LogP contribution in [-0.4, -0.2) is 31.8 Å². The Bertz CT molecular complexity index is 1230. The number of ketones is 2. The van der Waals surface area contributed by atoms with Crippen LogP contribution in [0.1, 0.15) is 121 Å². The molecule has 7 atom stereocenters. The highest BCUT2D eigenvalue weighted by Gasteiger charge is 2.67. The van der Waals surface area contributed by atoms with Gasteiger partial charge in [0.05, 0.1) is 11.8 Å². The molecule has 0 saturated heterocycles. The largest absolute Gasteiger partial charge is 0.299 e. The summed E-state index contributed by atoms with van der Waals surface area (Å²) < 4.78 is 28.0. The quantitative estimate of drug-likeness (QED) is 0.319. The van der Waals surface area contributed by atoms with E-state index < -0.39 is 26.4 Å². The summed E-state index contributed by atoms with van der Waals surface area (Å²) >= 11 is 0. The van der Waals surface area contributed by atoms with Crippen LogP contribution in [0.3, 0.4) is 0 Å². The Morgan fingerprint density at radius 3 is 2.17 bits per heavy atom. The number of carbonyl (C=O) groups excluding carboxylic acids is 2. The van der Waals surface area contributed by atoms with Gasteiger partial charge in [-0.25, -0.2) is 13.1 Å². The van der Waals surface area contributed by atoms with Gasteiger partial charge in [0.15, 0.2) is 5.78 Å². The molecule has 0 aromatic carbocycles. The second-order valence-electron chi connectivity index (χ2n) is 15.9. The highest BCUT2D eigenvalue weighted by Crippen LogP contribution is 2.71. The zero-order valence-electron chi connectivity index (χ0n) is 27.0. The van der Waals surface area contributed by atoms with Crippen LogP contribution in [0.15, 0.2) is 11.6 Å². The van der Waals surface area contributed by atoms with Crippen LogP contribution in [0.25, 0.3) is 0 Å². The van der Waals surface area contributed by atoms with Crippen molar-refractivity contribution in [3.05, 3.63) is 11.6 Å². The van der Waals surface area contributed by atoms with Crippen molar-refractivity contribution in [1.82, 2.24) is 4.72 Å². The molecule has 0 bridgehead atoms. The highest BCUT2D eigenvalue weighted by molar-refractivity contribution is 7.88. The molecule has 3 aliphatic rings. The Hall–Kier alpha value is -1.52. The van der Waals surface area contributed by atoms with E-state index in [1.165, 1.54) is 6.26 Å². The van der Waals surface area contributed by atoms with Gasteiger partial charge in [0.2, 0.25) is 10.0 Å². The Labute approximate surface area is 244 Å². The molecule has 7 heteroatoms. The van der Waals surface area contributed by atoms with E-state index in [1.54, 1.807) is 0 Å². The third-order valence-electron chi connectivity index (χ3n) is 12.6. The van der Waals surface area contributed by atoms with Crippen molar-refractivity contribution < 1.29 is 18.0 Å². The Balaban J connectivity index is 2.05. The molecule has 1 N–H and O–H groups in total. The van der Waals surface area contributed by atoms with Gasteiger partial charge in [-0.1, -0.05) is 74.8 Å². The zero-order valence-corrected chi connectivity index (χ0v) is 27.8. The number of rotatable bonds is 9. The molecule has 0 aliphatic heterocycles. The first-order chi connectivity index (χ1) is 18.0. The lowest BCUT2D eigenvalue weighted by Gasteiger charge is -2.68. The number of hydrogen-bond donors (Lipinski definition) is 1. The highest BCUT2D eigenvalue weighted by atomic mass is 32.2. The van der Waals surface area contributed by atoms with Gasteiger partial charge < -0.3 is 0 Å². The molecule has 0 aromatic rings. The second-order valence-corrected chi connectivity index (χ2v) is 17.7. The maximum atomic E-state index is 13.8. The number of nitriles is 1. The lowest BCUT2D eigenvalue weighted by atomic mass is 9.35. The molecule has 3 unspecified atom stereocenters. The minimum atomic E-state index is -3.43. The van der Waals surface area contributed by atoms with Crippen LogP contribution in [0.4, 0.5) is 0 Å². The van der Waals surface area contributed by atoms with E-state index in [0.717, 1.165) is 38.5 Å². The van der Waals surface area contributed by atoms with E-state index in [9.17, 15) is 23.3 Å². The molecule has 3 aliphatic carbocycles. The van der Waals surface area contributed by atoms with Crippen molar-refractivity contribution in [2.45, 2.75) is 126 Å². The Morgan fingerprint density at radius 2 is 1.65 bits per heavy atom. The molecule has 2 fully saturated rings. The molecule has 0 heterocycles. The summed E-state index contributed by atoms with van der Waals surface area (Å²) in [5, 5.41) is 9.89. The standard InChI is InChI=1S/C33H54N2O4S/c1-12-28(3,4)15-16-30(7,35-40(11,38)39)17-18-32(9)22(2)24(36)19-26-31(8)20-23(21-34)27(37)29(5,6)25(31)13-14-33(26,32)10/h20,22,25-26,35H,12-19H2,1-11H3/t22?,25?,26?,30-,31-,32+,33+/m0/s1. The Morgan fingerprint density at radius 1 is 1.05 bits per heavy atom. The van der Waals surface area contributed by atoms with E-state index in [-0.39, 0.29) is 51.1 Å². The molecule has 0 radical (unpaired) electrons. The molecule has 2 saturated carbocycles. The van der Waals surface area contributed by atoms with Crippen molar-refractivity contribution >= 4 is 21.6 Å². The lowest BCUT2D eigenvalue weighted by Crippen LogP contribution is -2.64. The predicted molar refractivity (Wildman–Crippen MR) is 161 cm³/mol. The van der Waals surface area contributed by atoms with E-state index in [0.29, 0.717) is 12.8 Å². The SMILES string of the molecule is CCC(C)(C)CC[C@@](C)(CC[C@]1(C)C(C)C(=O)CC2[C@@]3(C)C=C(C#N)C(=O)C(C)(C)C3CC[C@]21C)NS(C)(=O)=O. The van der Waals surface area contributed by atoms with E-state index in [1.807, 2.05) is 26.8 Å². The average molecular weight is 575 g/mol. The van der Waals surface area contributed by atoms with Crippen molar-refractivity contribution in [2.75, 3.05) is 6.26 Å². The van der Waals surface area contributed by atoms with Crippen LogP contribution < -0.4 is 4.72 Å². The van der Waals surface area contributed by atoms with Gasteiger partial charge in [0, 0.05) is 23.3 Å². The molecule has 226 valence electrons. The van der Waals surface area contributed by atoms with Gasteiger partial charge in [-0.05, 0) is 78.9 Å². The molecule has 6 nitrogen and oxygen atoms in total. The Kier molecular flexibility index (Phi) is 8.52. The summed E-state index contributed by atoms with van der Waals surface area (Å²) in [4.78, 5) is 27.0. The summed E-state index contributed by atoms with van der Waals surface area (Å²) in [6.07, 6.45) is 9.35. The molecule has 3 rings (SSSR count). The number of carbonyl (C=O) groups is 2. The third-order valence-corrected chi connectivity index (χ3v) is 13.5. The first kappa shape index (κ1) is 33.0. The van der Waals surface area contributed by atoms with E-state index in [4.69, 9.17) is 0 Å². The van der Waals surface area contributed by atoms with E-state index in [2.05, 4.69) is 59.3 Å². The molecular weight excluding hydrogens is 520 g/mol. The topological polar surface area (TPSA) is 104 Å². The summed E-state index contributed by atoms with van der Waals surface area (Å²) in [6, 6.07) is 2.18. The van der Waals surface area contributed by atoms with Crippen LogP contribution in [-0.2, 0) is 19.6 Å². The number of nitrogens with zero attached hydrogens (tertiary/aromatic N) is 1. The van der Waals surface area contributed by atoms with Crippen LogP contribution >= 0.6 is 0 Å². The maximum absolute atomic E-state index is 13.8. The van der Waals surface area contributed by atoms with Gasteiger partial charge in [-0.15, -0.1) is 0 Å². The number of Topliss-reactive ketones (excluding diaryl/α,β-unsaturated/α-hetero) is 2. The summed E-state index contributed by atoms with van der Waals surface area (Å²) in [5.41, 5.74) is -1.98. The number of nitrogens with one attached hydrogen (secondary N) is 1. The van der Waals surface area contributed by atoms with Gasteiger partial charge >= 0.3 is 0 Å². The zero-order chi connectivity index (χ0) is 30.7. The lowest BCUT2D eigenvalue weighted by molar-refractivity contribution is -0.187. The van der Waals surface area contributed by atoms with Crippen molar-refractivity contribution in [3.8, 4) is 6.07 Å². The molecular formula is C33H54N2O4S. The van der Waals surface area contributed by atoms with Gasteiger partial charge in [0.25, 0.3) is 0 Å². The fourth-order valence-corrected chi connectivity index (χ4v) is 10.1. The minimum Gasteiger partial charge on any atom is -0.299 e. The van der Waals surface area contributed by atoms with Crippen molar-refractivity contribution in [1.29, 1.82) is 5.26 Å². The fourth-order valence-electron chi connectivity index (χ4n) is 9.02. The number of sulfonamides is 1.